The van der Waals surface area contributed by atoms with Crippen LogP contribution in [0.4, 0.5) is 13.2 Å². The molecule has 1 aromatic carbocycles. The highest BCUT2D eigenvalue weighted by Crippen LogP contribution is 2.37. The van der Waals surface area contributed by atoms with Crippen molar-refractivity contribution in [3.63, 3.8) is 0 Å². The summed E-state index contributed by atoms with van der Waals surface area (Å²) >= 11 is 3.60. The van der Waals surface area contributed by atoms with Gasteiger partial charge in [-0.05, 0) is 33.5 Å². The van der Waals surface area contributed by atoms with Crippen LogP contribution in [0, 0.1) is 0 Å². The van der Waals surface area contributed by atoms with Crippen molar-refractivity contribution in [1.82, 2.24) is 4.98 Å². The van der Waals surface area contributed by atoms with E-state index in [1.165, 1.54) is 19.2 Å². The Morgan fingerprint density at radius 2 is 2.00 bits per heavy atom. The summed E-state index contributed by atoms with van der Waals surface area (Å²) in [5, 5.41) is 18.8. The Hall–Kier alpha value is -1.10. The Morgan fingerprint density at radius 3 is 2.48 bits per heavy atom. The molecule has 0 saturated carbocycles. The molecule has 0 aliphatic carbocycles. The van der Waals surface area contributed by atoms with Crippen LogP contribution in [0.2, 0.25) is 0 Å². The van der Waals surface area contributed by atoms with Crippen molar-refractivity contribution in [2.24, 2.45) is 0 Å². The molecule has 0 aliphatic rings. The van der Waals surface area contributed by atoms with Crippen molar-refractivity contribution in [2.75, 3.05) is 7.11 Å². The molecule has 0 amide bonds. The summed E-state index contributed by atoms with van der Waals surface area (Å²) in [6.07, 6.45) is -3.78. The van der Waals surface area contributed by atoms with Crippen molar-refractivity contribution in [3.05, 3.63) is 27.7 Å². The Morgan fingerprint density at radius 1 is 1.33 bits per heavy atom. The summed E-state index contributed by atoms with van der Waals surface area (Å²) in [4.78, 5) is 2.84. The Kier molecular flexibility index (Phi) is 4.62. The maximum Gasteiger partial charge on any atom is 0.489 e. The Balaban J connectivity index is 2.59. The third-order valence-electron chi connectivity index (χ3n) is 2.62. The summed E-state index contributed by atoms with van der Waals surface area (Å²) in [6.45, 7) is 0. The second-order valence-corrected chi connectivity index (χ2v) is 5.86. The van der Waals surface area contributed by atoms with Gasteiger partial charge in [0.25, 0.3) is 0 Å². The van der Waals surface area contributed by atoms with Gasteiger partial charge >= 0.3 is 13.3 Å². The van der Waals surface area contributed by atoms with Crippen LogP contribution in [0.1, 0.15) is 4.88 Å². The summed E-state index contributed by atoms with van der Waals surface area (Å²) in [5.74, 6) is 0.346. The number of benzene rings is 1. The van der Waals surface area contributed by atoms with Gasteiger partial charge in [0, 0.05) is 5.56 Å². The fourth-order valence-electron chi connectivity index (χ4n) is 1.65. The zero-order valence-electron chi connectivity index (χ0n) is 10.5. The molecule has 112 valence electrons. The fraction of sp³-hybridized carbons (Fsp3) is 0.182. The molecule has 0 aliphatic heterocycles. The zero-order chi connectivity index (χ0) is 15.8. The molecule has 0 atom stereocenters. The number of halogens is 4. The SMILES string of the molecule is COc1cc(-c2ncc(C(F)(F)F)s2)c(B(O)O)cc1Br. The number of hydrogen-bond acceptors (Lipinski definition) is 5. The van der Waals surface area contributed by atoms with E-state index >= 15 is 0 Å². The molecule has 1 heterocycles. The number of nitrogens with zero attached hydrogens (tertiary/aromatic N) is 1. The largest absolute Gasteiger partial charge is 0.496 e. The van der Waals surface area contributed by atoms with E-state index < -0.39 is 18.2 Å². The smallest absolute Gasteiger partial charge is 0.489 e. The highest BCUT2D eigenvalue weighted by molar-refractivity contribution is 9.10. The number of aromatic nitrogens is 1. The zero-order valence-corrected chi connectivity index (χ0v) is 12.9. The average Bonchev–Trinajstić information content (AvgIpc) is 2.87. The van der Waals surface area contributed by atoms with Crippen LogP contribution < -0.4 is 10.2 Å². The Bertz CT molecular complexity index is 663. The van der Waals surface area contributed by atoms with Gasteiger partial charge in [0.15, 0.2) is 0 Å². The van der Waals surface area contributed by atoms with Crippen LogP contribution in [0.25, 0.3) is 10.6 Å². The molecule has 0 fully saturated rings. The number of hydrogen-bond donors (Lipinski definition) is 2. The van der Waals surface area contributed by atoms with Crippen molar-refractivity contribution in [1.29, 1.82) is 0 Å². The minimum atomic E-state index is -4.49. The van der Waals surface area contributed by atoms with Crippen LogP contribution >= 0.6 is 27.3 Å². The molecule has 4 nitrogen and oxygen atoms in total. The third-order valence-corrected chi connectivity index (χ3v) is 4.31. The maximum atomic E-state index is 12.6. The Labute approximate surface area is 130 Å². The van der Waals surface area contributed by atoms with Crippen LogP contribution in [0.3, 0.4) is 0 Å². The molecule has 0 bridgehead atoms. The lowest BCUT2D eigenvalue weighted by atomic mass is 9.77. The lowest BCUT2D eigenvalue weighted by Crippen LogP contribution is -2.31. The van der Waals surface area contributed by atoms with Gasteiger partial charge in [0.1, 0.15) is 15.6 Å². The number of alkyl halides is 3. The van der Waals surface area contributed by atoms with E-state index in [0.29, 0.717) is 27.8 Å². The first-order valence-corrected chi connectivity index (χ1v) is 7.12. The van der Waals surface area contributed by atoms with Crippen LogP contribution in [-0.4, -0.2) is 29.3 Å². The van der Waals surface area contributed by atoms with Crippen LogP contribution in [-0.2, 0) is 6.18 Å². The highest BCUT2D eigenvalue weighted by Gasteiger charge is 2.34. The van der Waals surface area contributed by atoms with E-state index in [0.717, 1.165) is 0 Å². The van der Waals surface area contributed by atoms with E-state index in [9.17, 15) is 23.2 Å². The molecule has 2 aromatic rings. The van der Waals surface area contributed by atoms with E-state index in [-0.39, 0.29) is 16.0 Å². The van der Waals surface area contributed by atoms with Gasteiger partial charge in [-0.15, -0.1) is 11.3 Å². The molecule has 10 heteroatoms. The minimum absolute atomic E-state index is 0.0243. The molecular formula is C11H8BBrF3NO3S. The third kappa shape index (κ3) is 3.39. The number of methoxy groups -OCH3 is 1. The normalized spacial score (nSPS) is 11.6. The second-order valence-electron chi connectivity index (χ2n) is 3.98. The molecule has 1 aromatic heterocycles. The molecule has 0 saturated heterocycles. The van der Waals surface area contributed by atoms with Gasteiger partial charge in [0.05, 0.1) is 17.8 Å². The van der Waals surface area contributed by atoms with Gasteiger partial charge in [-0.25, -0.2) is 4.98 Å². The fourth-order valence-corrected chi connectivity index (χ4v) is 3.00. The predicted octanol–water partition coefficient (Wildman–Crippen LogP) is 2.28. The first kappa shape index (κ1) is 16.3. The van der Waals surface area contributed by atoms with E-state index in [1.54, 1.807) is 0 Å². The van der Waals surface area contributed by atoms with Gasteiger partial charge < -0.3 is 14.8 Å². The summed E-state index contributed by atoms with van der Waals surface area (Å²) < 4.78 is 43.4. The lowest BCUT2D eigenvalue weighted by molar-refractivity contribution is -0.134. The van der Waals surface area contributed by atoms with Gasteiger partial charge in [-0.3, -0.25) is 0 Å². The van der Waals surface area contributed by atoms with E-state index in [4.69, 9.17) is 4.74 Å². The standard InChI is InChI=1S/C11H8BBrF3NO3S/c1-20-8-2-5(6(12(18)19)3-7(8)13)10-17-4-9(21-10)11(14,15)16/h2-4,18-19H,1H3. The topological polar surface area (TPSA) is 62.6 Å². The van der Waals surface area contributed by atoms with Gasteiger partial charge in [-0.1, -0.05) is 0 Å². The van der Waals surface area contributed by atoms with Crippen molar-refractivity contribution in [2.45, 2.75) is 6.18 Å². The second kappa shape index (κ2) is 5.95. The lowest BCUT2D eigenvalue weighted by Gasteiger charge is -2.11. The maximum absolute atomic E-state index is 12.6. The van der Waals surface area contributed by atoms with Crippen molar-refractivity contribution in [3.8, 4) is 16.3 Å². The molecular weight excluding hydrogens is 374 g/mol. The average molecular weight is 382 g/mol. The molecule has 21 heavy (non-hydrogen) atoms. The van der Waals surface area contributed by atoms with Gasteiger partial charge in [0.2, 0.25) is 0 Å². The number of rotatable bonds is 3. The highest BCUT2D eigenvalue weighted by atomic mass is 79.9. The first-order chi connectivity index (χ1) is 9.74. The monoisotopic (exact) mass is 381 g/mol. The van der Waals surface area contributed by atoms with E-state index in [1.807, 2.05) is 0 Å². The first-order valence-electron chi connectivity index (χ1n) is 5.51. The van der Waals surface area contributed by atoms with Gasteiger partial charge in [-0.2, -0.15) is 13.2 Å². The quantitative estimate of drug-likeness (QED) is 0.800. The molecule has 0 radical (unpaired) electrons. The van der Waals surface area contributed by atoms with Crippen molar-refractivity contribution >= 4 is 39.8 Å². The summed E-state index contributed by atoms with van der Waals surface area (Å²) in [5.41, 5.74) is 0.205. The minimum Gasteiger partial charge on any atom is -0.496 e. The molecule has 0 spiro atoms. The molecule has 2 rings (SSSR count). The molecule has 2 N–H and O–H groups in total. The van der Waals surface area contributed by atoms with Crippen molar-refractivity contribution < 1.29 is 28.0 Å². The number of ether oxygens (including phenoxy) is 1. The van der Waals surface area contributed by atoms with Crippen LogP contribution in [0.15, 0.2) is 22.8 Å². The van der Waals surface area contributed by atoms with E-state index in [2.05, 4.69) is 20.9 Å². The number of thiazole rings is 1. The van der Waals surface area contributed by atoms with Crippen LogP contribution in [0.5, 0.6) is 5.75 Å². The summed E-state index contributed by atoms with van der Waals surface area (Å²) in [7, 11) is -0.456. The predicted molar refractivity (Wildman–Crippen MR) is 76.6 cm³/mol. The summed E-state index contributed by atoms with van der Waals surface area (Å²) in [6, 6.07) is 2.77. The molecule has 0 unspecified atom stereocenters.